The number of benzene rings is 1. The third-order valence-electron chi connectivity index (χ3n) is 2.55. The predicted octanol–water partition coefficient (Wildman–Crippen LogP) is 2.90. The van der Waals surface area contributed by atoms with E-state index in [1.165, 1.54) is 0 Å². The molecule has 0 aromatic heterocycles. The normalized spacial score (nSPS) is 12.2. The molecule has 0 fully saturated rings. The van der Waals surface area contributed by atoms with Gasteiger partial charge in [0.25, 0.3) is 0 Å². The molecule has 0 radical (unpaired) electrons. The van der Waals surface area contributed by atoms with Gasteiger partial charge in [-0.25, -0.2) is 0 Å². The highest BCUT2D eigenvalue weighted by molar-refractivity contribution is 7.99. The Hall–Kier alpha value is -1.00. The molecule has 1 aromatic carbocycles. The molecule has 0 aliphatic rings. The van der Waals surface area contributed by atoms with Gasteiger partial charge in [-0.15, -0.1) is 0 Å². The summed E-state index contributed by atoms with van der Waals surface area (Å²) in [6.45, 7) is 6.22. The first kappa shape index (κ1) is 15.1. The number of hydrogen-bond donors (Lipinski definition) is 1. The summed E-state index contributed by atoms with van der Waals surface area (Å²) in [6.07, 6.45) is 0. The minimum absolute atomic E-state index is 0.0551. The highest BCUT2D eigenvalue weighted by atomic mass is 32.2. The van der Waals surface area contributed by atoms with Crippen molar-refractivity contribution in [2.75, 3.05) is 13.2 Å². The van der Waals surface area contributed by atoms with Crippen LogP contribution in [0, 0.1) is 0 Å². The van der Waals surface area contributed by atoms with Crippen molar-refractivity contribution in [1.82, 2.24) is 0 Å². The van der Waals surface area contributed by atoms with Gasteiger partial charge < -0.3 is 9.84 Å². The van der Waals surface area contributed by atoms with Crippen molar-refractivity contribution in [2.24, 2.45) is 0 Å². The molecule has 1 rings (SSSR count). The lowest BCUT2D eigenvalue weighted by atomic mass is 10.1. The van der Waals surface area contributed by atoms with E-state index in [4.69, 9.17) is 9.84 Å². The molecule has 0 aliphatic carbocycles. The van der Waals surface area contributed by atoms with Crippen LogP contribution in [0.25, 0.3) is 0 Å². The third-order valence-corrected chi connectivity index (χ3v) is 3.74. The molecule has 1 atom stereocenters. The Kier molecular flexibility index (Phi) is 6.22. The van der Waals surface area contributed by atoms with Crippen molar-refractivity contribution < 1.29 is 14.6 Å². The number of hydrogen-bond acceptors (Lipinski definition) is 4. The Labute approximate surface area is 113 Å². The summed E-state index contributed by atoms with van der Waals surface area (Å²) in [7, 11) is 0. The van der Waals surface area contributed by atoms with E-state index in [9.17, 15) is 4.79 Å². The lowest BCUT2D eigenvalue weighted by molar-refractivity contribution is 0.101. The molecule has 3 nitrogen and oxygen atoms in total. The number of aliphatic hydroxyl groups excluding tert-OH is 1. The van der Waals surface area contributed by atoms with E-state index in [0.29, 0.717) is 12.2 Å². The number of thioether (sulfide) groups is 1. The Balaban J connectivity index is 2.88. The molecule has 0 heterocycles. The number of carbonyl (C=O) groups excluding carboxylic acids is 1. The molecular weight excluding hydrogens is 248 g/mol. The highest BCUT2D eigenvalue weighted by Gasteiger charge is 2.09. The molecule has 4 heteroatoms. The fraction of sp³-hybridized carbons (Fsp3) is 0.500. The molecule has 18 heavy (non-hydrogen) atoms. The van der Waals surface area contributed by atoms with E-state index < -0.39 is 0 Å². The number of ketones is 1. The smallest absolute Gasteiger partial charge is 0.159 e. The van der Waals surface area contributed by atoms with Gasteiger partial charge in [0.2, 0.25) is 0 Å². The predicted molar refractivity (Wildman–Crippen MR) is 75.5 cm³/mol. The quantitative estimate of drug-likeness (QED) is 0.772. The standard InChI is InChI=1S/C14H20O3S/c1-4-17-14-6-5-12(11(3)16)7-13(14)9-18-10(2)8-15/h5-7,10,15H,4,8-9H2,1-3H3. The first-order valence-corrected chi connectivity index (χ1v) is 7.12. The highest BCUT2D eigenvalue weighted by Crippen LogP contribution is 2.27. The third kappa shape index (κ3) is 4.35. The molecule has 1 aromatic rings. The van der Waals surface area contributed by atoms with Crippen LogP contribution in [0.4, 0.5) is 0 Å². The maximum absolute atomic E-state index is 11.4. The van der Waals surface area contributed by atoms with Crippen LogP contribution in [-0.4, -0.2) is 29.4 Å². The largest absolute Gasteiger partial charge is 0.494 e. The Morgan fingerprint density at radius 3 is 2.78 bits per heavy atom. The van der Waals surface area contributed by atoms with E-state index in [-0.39, 0.29) is 17.6 Å². The average Bonchev–Trinajstić information content (AvgIpc) is 2.37. The van der Waals surface area contributed by atoms with Crippen molar-refractivity contribution in [3.05, 3.63) is 29.3 Å². The van der Waals surface area contributed by atoms with Crippen molar-refractivity contribution in [3.8, 4) is 5.75 Å². The molecule has 0 saturated heterocycles. The molecule has 0 bridgehead atoms. The zero-order valence-electron chi connectivity index (χ0n) is 11.1. The van der Waals surface area contributed by atoms with Crippen LogP contribution in [0.2, 0.25) is 0 Å². The Morgan fingerprint density at radius 1 is 1.50 bits per heavy atom. The SMILES string of the molecule is CCOc1ccc(C(C)=O)cc1CSC(C)CO. The van der Waals surface area contributed by atoms with E-state index in [1.54, 1.807) is 24.8 Å². The fourth-order valence-electron chi connectivity index (χ4n) is 1.49. The Morgan fingerprint density at radius 2 is 2.22 bits per heavy atom. The molecule has 1 unspecified atom stereocenters. The van der Waals surface area contributed by atoms with Crippen molar-refractivity contribution in [3.63, 3.8) is 0 Å². The molecule has 0 spiro atoms. The van der Waals surface area contributed by atoms with Gasteiger partial charge in [0.15, 0.2) is 5.78 Å². The Bertz CT molecular complexity index is 404. The van der Waals surface area contributed by atoms with Gasteiger partial charge in [-0.05, 0) is 32.0 Å². The summed E-state index contributed by atoms with van der Waals surface area (Å²) in [5.41, 5.74) is 1.71. The molecule has 1 N–H and O–H groups in total. The van der Waals surface area contributed by atoms with Gasteiger partial charge in [0, 0.05) is 22.1 Å². The number of carbonyl (C=O) groups is 1. The lowest BCUT2D eigenvalue weighted by Crippen LogP contribution is -2.04. The van der Waals surface area contributed by atoms with Gasteiger partial charge in [0.05, 0.1) is 13.2 Å². The average molecular weight is 268 g/mol. The summed E-state index contributed by atoms with van der Waals surface area (Å²) in [5, 5.41) is 9.20. The zero-order chi connectivity index (χ0) is 13.5. The maximum atomic E-state index is 11.4. The second kappa shape index (κ2) is 7.44. The first-order valence-electron chi connectivity index (χ1n) is 6.07. The van der Waals surface area contributed by atoms with E-state index in [1.807, 2.05) is 26.0 Å². The van der Waals surface area contributed by atoms with Crippen LogP contribution >= 0.6 is 11.8 Å². The van der Waals surface area contributed by atoms with Crippen LogP contribution in [0.1, 0.15) is 36.7 Å². The minimum atomic E-state index is 0.0551. The monoisotopic (exact) mass is 268 g/mol. The molecular formula is C14H20O3S. The van der Waals surface area contributed by atoms with E-state index >= 15 is 0 Å². The van der Waals surface area contributed by atoms with Gasteiger partial charge >= 0.3 is 0 Å². The second-order valence-electron chi connectivity index (χ2n) is 4.12. The van der Waals surface area contributed by atoms with Gasteiger partial charge in [-0.3, -0.25) is 4.79 Å². The second-order valence-corrected chi connectivity index (χ2v) is 5.54. The van der Waals surface area contributed by atoms with E-state index in [2.05, 4.69) is 0 Å². The molecule has 0 saturated carbocycles. The molecule has 0 amide bonds. The van der Waals surface area contributed by atoms with Gasteiger partial charge in [-0.1, -0.05) is 6.92 Å². The number of ether oxygens (including phenoxy) is 1. The summed E-state index contributed by atoms with van der Waals surface area (Å²) in [6, 6.07) is 5.52. The minimum Gasteiger partial charge on any atom is -0.494 e. The molecule has 0 aliphatic heterocycles. The summed E-state index contributed by atoms with van der Waals surface area (Å²) in [4.78, 5) is 11.4. The molecule has 100 valence electrons. The van der Waals surface area contributed by atoms with Crippen LogP contribution < -0.4 is 4.74 Å². The van der Waals surface area contributed by atoms with Crippen molar-refractivity contribution >= 4 is 17.5 Å². The maximum Gasteiger partial charge on any atom is 0.159 e. The van der Waals surface area contributed by atoms with Crippen LogP contribution in [0.5, 0.6) is 5.75 Å². The number of aliphatic hydroxyl groups is 1. The zero-order valence-corrected chi connectivity index (χ0v) is 11.9. The first-order chi connectivity index (χ1) is 8.58. The van der Waals surface area contributed by atoms with Gasteiger partial charge in [0.1, 0.15) is 5.75 Å². The summed E-state index contributed by atoms with van der Waals surface area (Å²) >= 11 is 1.65. The van der Waals surface area contributed by atoms with Crippen LogP contribution in [0.15, 0.2) is 18.2 Å². The topological polar surface area (TPSA) is 46.5 Å². The number of rotatable bonds is 7. The summed E-state index contributed by atoms with van der Waals surface area (Å²) in [5.74, 6) is 1.61. The number of Topliss-reactive ketones (excluding diaryl/α,β-unsaturated/α-hetero) is 1. The van der Waals surface area contributed by atoms with Gasteiger partial charge in [-0.2, -0.15) is 11.8 Å². The van der Waals surface area contributed by atoms with E-state index in [0.717, 1.165) is 17.1 Å². The van der Waals surface area contributed by atoms with Crippen LogP contribution in [0.3, 0.4) is 0 Å². The van der Waals surface area contributed by atoms with Crippen molar-refractivity contribution in [1.29, 1.82) is 0 Å². The summed E-state index contributed by atoms with van der Waals surface area (Å²) < 4.78 is 5.55. The van der Waals surface area contributed by atoms with Crippen LogP contribution in [-0.2, 0) is 5.75 Å². The van der Waals surface area contributed by atoms with Crippen molar-refractivity contribution in [2.45, 2.75) is 31.8 Å². The lowest BCUT2D eigenvalue weighted by Gasteiger charge is -2.13. The fourth-order valence-corrected chi connectivity index (χ4v) is 2.29.